The average molecular weight is 213 g/mol. The minimum absolute atomic E-state index is 0.0529. The largest absolute Gasteiger partial charge is 0.464 e. The van der Waals surface area contributed by atoms with Crippen LogP contribution in [0.5, 0.6) is 5.75 Å². The summed E-state index contributed by atoms with van der Waals surface area (Å²) in [5.74, 6) is 0.753. The first-order valence-electron chi connectivity index (χ1n) is 4.50. The van der Waals surface area contributed by atoms with E-state index in [2.05, 4.69) is 0 Å². The highest BCUT2D eigenvalue weighted by Crippen LogP contribution is 2.47. The third-order valence-electron chi connectivity index (χ3n) is 2.70. The van der Waals surface area contributed by atoms with Crippen LogP contribution in [0, 0.1) is 0 Å². The lowest BCUT2D eigenvalue weighted by atomic mass is 9.98. The van der Waals surface area contributed by atoms with Crippen molar-refractivity contribution in [3.63, 3.8) is 0 Å². The molecule has 1 saturated heterocycles. The van der Waals surface area contributed by atoms with Crippen molar-refractivity contribution in [2.75, 3.05) is 0 Å². The SMILES string of the molecule is OC1OC2Oc3ccccc3C2C1Cl. The van der Waals surface area contributed by atoms with E-state index in [-0.39, 0.29) is 5.92 Å². The Morgan fingerprint density at radius 3 is 2.93 bits per heavy atom. The van der Waals surface area contributed by atoms with Crippen molar-refractivity contribution < 1.29 is 14.6 Å². The first-order valence-corrected chi connectivity index (χ1v) is 4.94. The second kappa shape index (κ2) is 2.86. The number of halogens is 1. The van der Waals surface area contributed by atoms with Crippen molar-refractivity contribution in [2.24, 2.45) is 0 Å². The number of fused-ring (bicyclic) bond motifs is 3. The van der Waals surface area contributed by atoms with Gasteiger partial charge in [0.1, 0.15) is 5.75 Å². The van der Waals surface area contributed by atoms with E-state index in [1.165, 1.54) is 0 Å². The average Bonchev–Trinajstić information content (AvgIpc) is 2.65. The Morgan fingerprint density at radius 2 is 2.07 bits per heavy atom. The molecule has 3 rings (SSSR count). The van der Waals surface area contributed by atoms with Crippen LogP contribution in [-0.2, 0) is 4.74 Å². The fraction of sp³-hybridized carbons (Fsp3) is 0.400. The normalized spacial score (nSPS) is 39.0. The maximum Gasteiger partial charge on any atom is 0.211 e. The molecule has 3 nitrogen and oxygen atoms in total. The zero-order valence-electron chi connectivity index (χ0n) is 7.26. The number of ether oxygens (including phenoxy) is 2. The summed E-state index contributed by atoms with van der Waals surface area (Å²) in [6, 6.07) is 7.67. The van der Waals surface area contributed by atoms with Crippen LogP contribution in [0.15, 0.2) is 24.3 Å². The van der Waals surface area contributed by atoms with Crippen LogP contribution < -0.4 is 4.74 Å². The minimum Gasteiger partial charge on any atom is -0.464 e. The number of rotatable bonds is 0. The molecule has 0 bridgehead atoms. The molecular formula is C10H9ClO3. The van der Waals surface area contributed by atoms with Crippen molar-refractivity contribution in [2.45, 2.75) is 23.9 Å². The van der Waals surface area contributed by atoms with Gasteiger partial charge in [0, 0.05) is 5.56 Å². The van der Waals surface area contributed by atoms with Crippen molar-refractivity contribution >= 4 is 11.6 Å². The standard InChI is InChI=1S/C10H9ClO3/c11-8-7-5-3-1-2-4-6(5)13-10(7)14-9(8)12/h1-4,7-10,12H. The molecule has 1 aromatic carbocycles. The van der Waals surface area contributed by atoms with E-state index in [4.69, 9.17) is 21.1 Å². The molecule has 14 heavy (non-hydrogen) atoms. The molecule has 0 aliphatic carbocycles. The summed E-state index contributed by atoms with van der Waals surface area (Å²) in [7, 11) is 0. The van der Waals surface area contributed by atoms with Crippen molar-refractivity contribution in [3.05, 3.63) is 29.8 Å². The summed E-state index contributed by atoms with van der Waals surface area (Å²) in [6.07, 6.45) is -1.36. The Labute approximate surface area is 86.2 Å². The highest BCUT2D eigenvalue weighted by Gasteiger charge is 2.49. The van der Waals surface area contributed by atoms with E-state index < -0.39 is 18.0 Å². The zero-order valence-corrected chi connectivity index (χ0v) is 8.02. The summed E-state index contributed by atoms with van der Waals surface area (Å²) in [5.41, 5.74) is 1.02. The van der Waals surface area contributed by atoms with E-state index in [1.807, 2.05) is 24.3 Å². The molecule has 0 amide bonds. The van der Waals surface area contributed by atoms with E-state index >= 15 is 0 Å². The van der Waals surface area contributed by atoms with Gasteiger partial charge in [0.05, 0.1) is 11.3 Å². The third-order valence-corrected chi connectivity index (χ3v) is 3.19. The smallest absolute Gasteiger partial charge is 0.211 e. The maximum absolute atomic E-state index is 9.39. The highest BCUT2D eigenvalue weighted by molar-refractivity contribution is 6.21. The molecule has 1 aromatic rings. The molecule has 1 fully saturated rings. The van der Waals surface area contributed by atoms with Gasteiger partial charge in [-0.15, -0.1) is 11.6 Å². The van der Waals surface area contributed by atoms with Crippen LogP contribution in [0.25, 0.3) is 0 Å². The molecule has 2 aliphatic heterocycles. The van der Waals surface area contributed by atoms with Gasteiger partial charge in [-0.05, 0) is 6.07 Å². The Balaban J connectivity index is 2.05. The van der Waals surface area contributed by atoms with E-state index in [0.717, 1.165) is 11.3 Å². The summed E-state index contributed by atoms with van der Waals surface area (Å²) in [4.78, 5) is 0. The summed E-state index contributed by atoms with van der Waals surface area (Å²) in [6.45, 7) is 0. The van der Waals surface area contributed by atoms with Crippen LogP contribution in [0.4, 0.5) is 0 Å². The van der Waals surface area contributed by atoms with Crippen molar-refractivity contribution in [1.29, 1.82) is 0 Å². The first kappa shape index (κ1) is 8.53. The topological polar surface area (TPSA) is 38.7 Å². The first-order chi connectivity index (χ1) is 6.77. The Bertz CT molecular complexity index is 368. The van der Waals surface area contributed by atoms with Crippen LogP contribution in [0.3, 0.4) is 0 Å². The fourth-order valence-corrected chi connectivity index (χ4v) is 2.35. The van der Waals surface area contributed by atoms with Gasteiger partial charge in [0.2, 0.25) is 6.29 Å². The lowest BCUT2D eigenvalue weighted by molar-refractivity contribution is -0.146. The number of benzene rings is 1. The monoisotopic (exact) mass is 212 g/mol. The van der Waals surface area contributed by atoms with E-state index in [1.54, 1.807) is 0 Å². The van der Waals surface area contributed by atoms with E-state index in [9.17, 15) is 5.11 Å². The number of para-hydroxylation sites is 1. The highest BCUT2D eigenvalue weighted by atomic mass is 35.5. The van der Waals surface area contributed by atoms with Gasteiger partial charge in [-0.2, -0.15) is 0 Å². The minimum atomic E-state index is -0.931. The van der Waals surface area contributed by atoms with Gasteiger partial charge >= 0.3 is 0 Å². The lowest BCUT2D eigenvalue weighted by Gasteiger charge is -2.09. The molecule has 2 heterocycles. The molecule has 0 saturated carbocycles. The molecule has 0 aromatic heterocycles. The van der Waals surface area contributed by atoms with Gasteiger partial charge in [-0.3, -0.25) is 0 Å². The number of aliphatic hydroxyl groups excluding tert-OH is 1. The van der Waals surface area contributed by atoms with Gasteiger partial charge < -0.3 is 14.6 Å². The number of alkyl halides is 1. The Morgan fingerprint density at radius 1 is 1.29 bits per heavy atom. The zero-order chi connectivity index (χ0) is 9.71. The summed E-state index contributed by atoms with van der Waals surface area (Å²) < 4.78 is 10.7. The number of aliphatic hydroxyl groups is 1. The Hall–Kier alpha value is -0.770. The summed E-state index contributed by atoms with van der Waals surface area (Å²) in [5, 5.41) is 8.97. The van der Waals surface area contributed by atoms with Crippen LogP contribution >= 0.6 is 11.6 Å². The van der Waals surface area contributed by atoms with Crippen LogP contribution in [0.1, 0.15) is 11.5 Å². The fourth-order valence-electron chi connectivity index (χ4n) is 2.03. The van der Waals surface area contributed by atoms with Gasteiger partial charge in [0.25, 0.3) is 0 Å². The molecule has 2 aliphatic rings. The van der Waals surface area contributed by atoms with Gasteiger partial charge in [0.15, 0.2) is 6.29 Å². The predicted octanol–water partition coefficient (Wildman–Crippen LogP) is 1.44. The molecule has 4 unspecified atom stereocenters. The van der Waals surface area contributed by atoms with Crippen LogP contribution in [0.2, 0.25) is 0 Å². The predicted molar refractivity (Wildman–Crippen MR) is 50.3 cm³/mol. The molecule has 1 N–H and O–H groups in total. The molecule has 4 atom stereocenters. The Kier molecular flexibility index (Phi) is 1.74. The van der Waals surface area contributed by atoms with Crippen molar-refractivity contribution in [3.8, 4) is 5.75 Å². The molecule has 4 heteroatoms. The molecule has 74 valence electrons. The molecule has 0 spiro atoms. The van der Waals surface area contributed by atoms with Crippen molar-refractivity contribution in [1.82, 2.24) is 0 Å². The third kappa shape index (κ3) is 1.00. The lowest BCUT2D eigenvalue weighted by Crippen LogP contribution is -2.18. The van der Waals surface area contributed by atoms with Gasteiger partial charge in [-0.25, -0.2) is 0 Å². The van der Waals surface area contributed by atoms with E-state index in [0.29, 0.717) is 0 Å². The second-order valence-electron chi connectivity index (χ2n) is 3.52. The number of hydrogen-bond acceptors (Lipinski definition) is 3. The molecular weight excluding hydrogens is 204 g/mol. The van der Waals surface area contributed by atoms with Gasteiger partial charge in [-0.1, -0.05) is 18.2 Å². The maximum atomic E-state index is 9.39. The quantitative estimate of drug-likeness (QED) is 0.662. The number of hydrogen-bond donors (Lipinski definition) is 1. The van der Waals surface area contributed by atoms with Crippen LogP contribution in [-0.4, -0.2) is 23.1 Å². The molecule has 0 radical (unpaired) electrons. The summed E-state index contributed by atoms with van der Waals surface area (Å²) >= 11 is 6.04. The second-order valence-corrected chi connectivity index (χ2v) is 4.02.